The maximum Gasteiger partial charge on any atom is 0.311 e. The van der Waals surface area contributed by atoms with Gasteiger partial charge in [0.15, 0.2) is 5.75 Å². The van der Waals surface area contributed by atoms with Crippen LogP contribution in [0, 0.1) is 10.1 Å². The SMILES string of the molecule is CCOc1cc(NCC(C)(O)CC)ccc1[N+](=O)[O-]. The first-order chi connectivity index (χ1) is 8.89. The maximum absolute atomic E-state index is 10.8. The van der Waals surface area contributed by atoms with Crippen molar-refractivity contribution < 1.29 is 14.8 Å². The second kappa shape index (κ2) is 6.38. The summed E-state index contributed by atoms with van der Waals surface area (Å²) in [4.78, 5) is 10.4. The van der Waals surface area contributed by atoms with Crippen LogP contribution in [0.2, 0.25) is 0 Å². The van der Waals surface area contributed by atoms with Crippen molar-refractivity contribution in [3.05, 3.63) is 28.3 Å². The molecular formula is C13H20N2O4. The molecule has 19 heavy (non-hydrogen) atoms. The van der Waals surface area contributed by atoms with Crippen molar-refractivity contribution in [2.24, 2.45) is 0 Å². The minimum Gasteiger partial charge on any atom is -0.487 e. The van der Waals surface area contributed by atoms with E-state index < -0.39 is 10.5 Å². The number of benzene rings is 1. The fourth-order valence-electron chi connectivity index (χ4n) is 1.46. The smallest absolute Gasteiger partial charge is 0.311 e. The first-order valence-corrected chi connectivity index (χ1v) is 6.27. The molecule has 0 aromatic heterocycles. The minimum atomic E-state index is -0.812. The molecule has 0 spiro atoms. The van der Waals surface area contributed by atoms with Gasteiger partial charge >= 0.3 is 5.69 Å². The van der Waals surface area contributed by atoms with Gasteiger partial charge in [0, 0.05) is 24.4 Å². The van der Waals surface area contributed by atoms with Gasteiger partial charge in [-0.1, -0.05) is 6.92 Å². The molecule has 106 valence electrons. The number of nitro benzene ring substituents is 1. The average Bonchev–Trinajstić information content (AvgIpc) is 2.37. The monoisotopic (exact) mass is 268 g/mol. The summed E-state index contributed by atoms with van der Waals surface area (Å²) in [6, 6.07) is 4.58. The zero-order valence-corrected chi connectivity index (χ0v) is 11.5. The average molecular weight is 268 g/mol. The van der Waals surface area contributed by atoms with Gasteiger partial charge in [-0.15, -0.1) is 0 Å². The van der Waals surface area contributed by atoms with Gasteiger partial charge in [0.05, 0.1) is 17.1 Å². The second-order valence-corrected chi connectivity index (χ2v) is 4.58. The molecule has 0 radical (unpaired) electrons. The number of nitrogens with one attached hydrogen (secondary N) is 1. The molecule has 0 aliphatic rings. The number of hydrogen-bond acceptors (Lipinski definition) is 5. The Balaban J connectivity index is 2.86. The molecule has 0 aliphatic carbocycles. The number of aliphatic hydroxyl groups is 1. The third-order valence-electron chi connectivity index (χ3n) is 2.89. The zero-order valence-electron chi connectivity index (χ0n) is 11.5. The number of ether oxygens (including phenoxy) is 1. The van der Waals surface area contributed by atoms with Gasteiger partial charge in [0.25, 0.3) is 0 Å². The third-order valence-corrected chi connectivity index (χ3v) is 2.89. The quantitative estimate of drug-likeness (QED) is 0.586. The van der Waals surface area contributed by atoms with Crippen LogP contribution in [-0.4, -0.2) is 28.8 Å². The van der Waals surface area contributed by atoms with E-state index in [0.29, 0.717) is 25.3 Å². The summed E-state index contributed by atoms with van der Waals surface area (Å²) in [6.45, 7) is 6.12. The Kier molecular flexibility index (Phi) is 5.11. The van der Waals surface area contributed by atoms with E-state index in [1.165, 1.54) is 6.07 Å². The number of hydrogen-bond donors (Lipinski definition) is 2. The Morgan fingerprint density at radius 3 is 2.68 bits per heavy atom. The van der Waals surface area contributed by atoms with E-state index >= 15 is 0 Å². The lowest BCUT2D eigenvalue weighted by Gasteiger charge is -2.22. The molecule has 1 unspecified atom stereocenters. The zero-order chi connectivity index (χ0) is 14.5. The van der Waals surface area contributed by atoms with E-state index in [0.717, 1.165) is 0 Å². The predicted molar refractivity (Wildman–Crippen MR) is 73.7 cm³/mol. The van der Waals surface area contributed by atoms with Crippen molar-refractivity contribution in [3.8, 4) is 5.75 Å². The molecule has 0 heterocycles. The summed E-state index contributed by atoms with van der Waals surface area (Å²) >= 11 is 0. The summed E-state index contributed by atoms with van der Waals surface area (Å²) in [5.41, 5.74) is -0.189. The number of nitrogens with zero attached hydrogens (tertiary/aromatic N) is 1. The number of rotatable bonds is 7. The van der Waals surface area contributed by atoms with Gasteiger partial charge in [-0.05, 0) is 26.3 Å². The van der Waals surface area contributed by atoms with Crippen molar-refractivity contribution in [1.29, 1.82) is 0 Å². The fourth-order valence-corrected chi connectivity index (χ4v) is 1.46. The van der Waals surface area contributed by atoms with E-state index in [1.807, 2.05) is 6.92 Å². The van der Waals surface area contributed by atoms with Gasteiger partial charge in [0.1, 0.15) is 0 Å². The van der Waals surface area contributed by atoms with Crippen LogP contribution in [0.15, 0.2) is 18.2 Å². The largest absolute Gasteiger partial charge is 0.487 e. The van der Waals surface area contributed by atoms with Crippen LogP contribution in [0.1, 0.15) is 27.2 Å². The van der Waals surface area contributed by atoms with Crippen molar-refractivity contribution >= 4 is 11.4 Å². The highest BCUT2D eigenvalue weighted by atomic mass is 16.6. The topological polar surface area (TPSA) is 84.6 Å². The Morgan fingerprint density at radius 1 is 1.47 bits per heavy atom. The molecule has 1 rings (SSSR count). The van der Waals surface area contributed by atoms with Gasteiger partial charge in [-0.25, -0.2) is 0 Å². The van der Waals surface area contributed by atoms with Crippen LogP contribution in [0.5, 0.6) is 5.75 Å². The molecule has 0 bridgehead atoms. The van der Waals surface area contributed by atoms with Crippen LogP contribution >= 0.6 is 0 Å². The van der Waals surface area contributed by atoms with Crippen molar-refractivity contribution in [2.75, 3.05) is 18.5 Å². The van der Waals surface area contributed by atoms with Crippen LogP contribution in [0.25, 0.3) is 0 Å². The molecular weight excluding hydrogens is 248 g/mol. The summed E-state index contributed by atoms with van der Waals surface area (Å²) < 4.78 is 5.25. The highest BCUT2D eigenvalue weighted by molar-refractivity contribution is 5.58. The van der Waals surface area contributed by atoms with Crippen molar-refractivity contribution in [2.45, 2.75) is 32.8 Å². The van der Waals surface area contributed by atoms with Crippen molar-refractivity contribution in [3.63, 3.8) is 0 Å². The highest BCUT2D eigenvalue weighted by Crippen LogP contribution is 2.30. The van der Waals surface area contributed by atoms with Gasteiger partial charge < -0.3 is 15.2 Å². The van der Waals surface area contributed by atoms with Crippen molar-refractivity contribution in [1.82, 2.24) is 0 Å². The molecule has 0 amide bonds. The Bertz CT molecular complexity index is 446. The number of nitro groups is 1. The van der Waals surface area contributed by atoms with Crippen LogP contribution in [0.3, 0.4) is 0 Å². The number of anilines is 1. The molecule has 0 saturated heterocycles. The molecule has 1 atom stereocenters. The highest BCUT2D eigenvalue weighted by Gasteiger charge is 2.19. The van der Waals surface area contributed by atoms with Gasteiger partial charge in [-0.3, -0.25) is 10.1 Å². The van der Waals surface area contributed by atoms with E-state index in [2.05, 4.69) is 5.32 Å². The van der Waals surface area contributed by atoms with E-state index in [-0.39, 0.29) is 11.4 Å². The molecule has 0 aliphatic heterocycles. The lowest BCUT2D eigenvalue weighted by atomic mass is 10.0. The molecule has 0 saturated carbocycles. The molecule has 6 nitrogen and oxygen atoms in total. The predicted octanol–water partition coefficient (Wildman–Crippen LogP) is 2.57. The Hall–Kier alpha value is -1.82. The second-order valence-electron chi connectivity index (χ2n) is 4.58. The fraction of sp³-hybridized carbons (Fsp3) is 0.538. The summed E-state index contributed by atoms with van der Waals surface area (Å²) in [7, 11) is 0. The van der Waals surface area contributed by atoms with E-state index in [4.69, 9.17) is 4.74 Å². The Labute approximate surface area is 112 Å². The molecule has 2 N–H and O–H groups in total. The Morgan fingerprint density at radius 2 is 2.16 bits per heavy atom. The van der Waals surface area contributed by atoms with Gasteiger partial charge in [-0.2, -0.15) is 0 Å². The third kappa shape index (κ3) is 4.40. The molecule has 1 aromatic rings. The maximum atomic E-state index is 10.8. The molecule has 0 fully saturated rings. The lowest BCUT2D eigenvalue weighted by Crippen LogP contribution is -2.32. The van der Waals surface area contributed by atoms with Crippen LogP contribution < -0.4 is 10.1 Å². The molecule has 1 aromatic carbocycles. The first-order valence-electron chi connectivity index (χ1n) is 6.27. The van der Waals surface area contributed by atoms with Crippen LogP contribution in [-0.2, 0) is 0 Å². The minimum absolute atomic E-state index is 0.0605. The van der Waals surface area contributed by atoms with Crippen LogP contribution in [0.4, 0.5) is 11.4 Å². The van der Waals surface area contributed by atoms with Gasteiger partial charge in [0.2, 0.25) is 0 Å². The summed E-state index contributed by atoms with van der Waals surface area (Å²) in [6.07, 6.45) is 0.616. The summed E-state index contributed by atoms with van der Waals surface area (Å²) in [5, 5.41) is 23.8. The standard InChI is InChI=1S/C13H20N2O4/c1-4-13(3,16)9-14-10-6-7-11(15(17)18)12(8-10)19-5-2/h6-8,14,16H,4-5,9H2,1-3H3. The summed E-state index contributed by atoms with van der Waals surface area (Å²) in [5.74, 6) is 0.230. The molecule has 6 heteroatoms. The van der Waals surface area contributed by atoms with E-state index in [9.17, 15) is 15.2 Å². The lowest BCUT2D eigenvalue weighted by molar-refractivity contribution is -0.385. The van der Waals surface area contributed by atoms with E-state index in [1.54, 1.807) is 26.0 Å². The first kappa shape index (κ1) is 15.2. The normalized spacial score (nSPS) is 13.7.